The van der Waals surface area contributed by atoms with Crippen molar-refractivity contribution in [2.75, 3.05) is 26.4 Å². The van der Waals surface area contributed by atoms with Gasteiger partial charge in [-0.15, -0.1) is 0 Å². The van der Waals surface area contributed by atoms with Gasteiger partial charge in [0.25, 0.3) is 0 Å². The smallest absolute Gasteiger partial charge is 0.308 e. The number of rotatable bonds is 21. The number of aliphatic hydroxyl groups is 14. The molecule has 340 valence electrons. The molecule has 20 atom stereocenters. The Labute approximate surface area is 333 Å². The minimum Gasteiger partial charge on any atom is -0.433 e. The van der Waals surface area contributed by atoms with Crippen LogP contribution in [0.5, 0.6) is 0 Å². The first-order chi connectivity index (χ1) is 27.5. The Balaban J connectivity index is 1.31. The summed E-state index contributed by atoms with van der Waals surface area (Å²) in [5.41, 5.74) is 0. The molecule has 23 nitrogen and oxygen atoms in total. The molecule has 0 bridgehead atoms. The SMILES string of the molecule is CCCCCCCCCCC(=O)OC(O)[C@H]1O[C@H](OC[C@H]2O[C@H](OC[C@H]3O[C@H](O[C@]4(CO)O[C@H](CO)[C@@H](O)[C@@H]4O)[C@H](O)[C@@H](O)[C@@H]3O)[C@H](O)[C@@H](O)[C@H]2O)[C@H](O)[C@@H](O)[C@H]1O. The van der Waals surface area contributed by atoms with Crippen molar-refractivity contribution in [1.29, 1.82) is 0 Å². The number of unbranched alkanes of at least 4 members (excludes halogenated alkanes) is 7. The van der Waals surface area contributed by atoms with E-state index in [0.29, 0.717) is 6.42 Å². The molecular formula is C35H62O23. The van der Waals surface area contributed by atoms with E-state index in [1.165, 1.54) is 6.42 Å². The minimum absolute atomic E-state index is 0.0304. The summed E-state index contributed by atoms with van der Waals surface area (Å²) in [4.78, 5) is 12.4. The number of hydrogen-bond acceptors (Lipinski definition) is 23. The molecule has 4 heterocycles. The highest BCUT2D eigenvalue weighted by Gasteiger charge is 2.59. The fourth-order valence-electron chi connectivity index (χ4n) is 7.10. The molecule has 0 radical (unpaired) electrons. The van der Waals surface area contributed by atoms with Gasteiger partial charge in [-0.05, 0) is 6.42 Å². The highest BCUT2D eigenvalue weighted by Crippen LogP contribution is 2.36. The van der Waals surface area contributed by atoms with Gasteiger partial charge in [0.1, 0.15) is 92.1 Å². The van der Waals surface area contributed by atoms with Crippen molar-refractivity contribution in [3.8, 4) is 0 Å². The Kier molecular flexibility index (Phi) is 19.2. The van der Waals surface area contributed by atoms with Crippen molar-refractivity contribution in [1.82, 2.24) is 0 Å². The van der Waals surface area contributed by atoms with Crippen molar-refractivity contribution in [2.24, 2.45) is 0 Å². The van der Waals surface area contributed by atoms with Gasteiger partial charge in [-0.1, -0.05) is 51.9 Å². The topological polar surface area (TPSA) is 374 Å². The number of aliphatic hydroxyl groups excluding tert-OH is 14. The molecule has 0 aromatic heterocycles. The lowest BCUT2D eigenvalue weighted by Crippen LogP contribution is -2.64. The van der Waals surface area contributed by atoms with Gasteiger partial charge in [0.05, 0.1) is 19.8 Å². The van der Waals surface area contributed by atoms with Crippen LogP contribution < -0.4 is 0 Å². The summed E-state index contributed by atoms with van der Waals surface area (Å²) >= 11 is 0. The van der Waals surface area contributed by atoms with Crippen LogP contribution >= 0.6 is 0 Å². The molecule has 4 rings (SSSR count). The summed E-state index contributed by atoms with van der Waals surface area (Å²) in [7, 11) is 0. The number of ether oxygens (including phenoxy) is 8. The largest absolute Gasteiger partial charge is 0.433 e. The second-order valence-electron chi connectivity index (χ2n) is 15.1. The third kappa shape index (κ3) is 11.8. The Morgan fingerprint density at radius 2 is 1.07 bits per heavy atom. The number of hydrogen-bond donors (Lipinski definition) is 14. The first kappa shape index (κ1) is 49.3. The zero-order chi connectivity index (χ0) is 42.9. The van der Waals surface area contributed by atoms with Crippen LogP contribution in [0.25, 0.3) is 0 Å². The van der Waals surface area contributed by atoms with Gasteiger partial charge in [-0.2, -0.15) is 0 Å². The van der Waals surface area contributed by atoms with Gasteiger partial charge in [-0.3, -0.25) is 4.79 Å². The van der Waals surface area contributed by atoms with Crippen LogP contribution in [-0.4, -0.2) is 226 Å². The Morgan fingerprint density at radius 1 is 0.586 bits per heavy atom. The maximum Gasteiger partial charge on any atom is 0.308 e. The van der Waals surface area contributed by atoms with Crippen LogP contribution in [0.2, 0.25) is 0 Å². The molecule has 0 saturated carbocycles. The predicted molar refractivity (Wildman–Crippen MR) is 186 cm³/mol. The maximum absolute atomic E-state index is 12.4. The van der Waals surface area contributed by atoms with E-state index in [2.05, 4.69) is 6.92 Å². The standard InChI is InChI=1S/C35H62O23/c1-2-3-4-5-6-7-8-9-10-18(38)55-31(50)29-25(45)24(44)27(47)33(56-29)52-12-16-19(39)22(42)26(46)32(53-16)51-13-17-20(40)23(43)28(48)34(54-17)58-35(14-37)30(49)21(41)15(11-36)57-35/h15-17,19-34,36-37,39-50H,2-14H2,1H3/t15-,16-,17-,19+,20-,21-,22+,23+,24+,25-,26-,27-,28-,29+,30+,31?,32+,33+,34-,35+/m1/s1. The predicted octanol–water partition coefficient (Wildman–Crippen LogP) is -6.35. The molecule has 58 heavy (non-hydrogen) atoms. The zero-order valence-electron chi connectivity index (χ0n) is 32.1. The number of carbonyl (C=O) groups excluding carboxylic acids is 1. The van der Waals surface area contributed by atoms with Crippen LogP contribution in [0, 0.1) is 0 Å². The van der Waals surface area contributed by atoms with Gasteiger partial charge in [0, 0.05) is 6.42 Å². The Bertz CT molecular complexity index is 1220. The summed E-state index contributed by atoms with van der Waals surface area (Å²) in [6, 6.07) is 0. The quantitative estimate of drug-likeness (QED) is 0.0290. The third-order valence-electron chi connectivity index (χ3n) is 10.8. The molecule has 14 N–H and O–H groups in total. The number of carbonyl (C=O) groups is 1. The van der Waals surface area contributed by atoms with Crippen LogP contribution in [0.15, 0.2) is 0 Å². The fraction of sp³-hybridized carbons (Fsp3) is 0.971. The fourth-order valence-corrected chi connectivity index (χ4v) is 7.10. The van der Waals surface area contributed by atoms with Crippen molar-refractivity contribution in [2.45, 2.75) is 187 Å². The van der Waals surface area contributed by atoms with Crippen molar-refractivity contribution < 1.29 is 114 Å². The highest BCUT2D eigenvalue weighted by molar-refractivity contribution is 5.69. The van der Waals surface area contributed by atoms with E-state index in [-0.39, 0.29) is 6.42 Å². The molecule has 0 amide bonds. The first-order valence-corrected chi connectivity index (χ1v) is 19.6. The van der Waals surface area contributed by atoms with E-state index >= 15 is 0 Å². The van der Waals surface area contributed by atoms with E-state index in [1.54, 1.807) is 0 Å². The Hall–Kier alpha value is -1.37. The van der Waals surface area contributed by atoms with Crippen LogP contribution in [0.1, 0.15) is 64.7 Å². The monoisotopic (exact) mass is 850 g/mol. The summed E-state index contributed by atoms with van der Waals surface area (Å²) < 4.78 is 43.2. The third-order valence-corrected chi connectivity index (χ3v) is 10.8. The van der Waals surface area contributed by atoms with Crippen LogP contribution in [0.3, 0.4) is 0 Å². The van der Waals surface area contributed by atoms with E-state index in [0.717, 1.165) is 38.5 Å². The molecule has 0 aliphatic carbocycles. The summed E-state index contributed by atoms with van der Waals surface area (Å²) in [6.07, 6.45) is -27.7. The molecule has 0 aromatic carbocycles. The molecule has 23 heteroatoms. The van der Waals surface area contributed by atoms with Gasteiger partial charge in [0.2, 0.25) is 12.1 Å². The van der Waals surface area contributed by atoms with Gasteiger partial charge in [0.15, 0.2) is 25.0 Å². The second kappa shape index (κ2) is 22.6. The van der Waals surface area contributed by atoms with Crippen LogP contribution in [0.4, 0.5) is 0 Å². The molecule has 4 aliphatic heterocycles. The van der Waals surface area contributed by atoms with E-state index in [4.69, 9.17) is 37.9 Å². The van der Waals surface area contributed by atoms with Crippen molar-refractivity contribution in [3.05, 3.63) is 0 Å². The van der Waals surface area contributed by atoms with E-state index in [9.17, 15) is 76.3 Å². The number of esters is 1. The lowest BCUT2D eigenvalue weighted by molar-refractivity contribution is -0.388. The molecule has 1 unspecified atom stereocenters. The average Bonchev–Trinajstić information content (AvgIpc) is 3.45. The van der Waals surface area contributed by atoms with Crippen LogP contribution in [-0.2, 0) is 42.7 Å². The molecule has 0 spiro atoms. The molecule has 0 aromatic rings. The molecule has 4 aliphatic rings. The Morgan fingerprint density at radius 3 is 1.59 bits per heavy atom. The molecule has 4 saturated heterocycles. The minimum atomic E-state index is -2.46. The normalized spacial score (nSPS) is 44.0. The van der Waals surface area contributed by atoms with Crippen molar-refractivity contribution >= 4 is 5.97 Å². The summed E-state index contributed by atoms with van der Waals surface area (Å²) in [6.45, 7) is -1.35. The van der Waals surface area contributed by atoms with E-state index in [1.807, 2.05) is 0 Å². The molecular weight excluding hydrogens is 788 g/mol. The lowest BCUT2D eigenvalue weighted by atomic mass is 9.97. The molecule has 4 fully saturated rings. The van der Waals surface area contributed by atoms with Gasteiger partial charge >= 0.3 is 5.97 Å². The summed E-state index contributed by atoms with van der Waals surface area (Å²) in [5.74, 6) is -3.25. The van der Waals surface area contributed by atoms with Gasteiger partial charge in [-0.25, -0.2) is 0 Å². The highest BCUT2D eigenvalue weighted by atomic mass is 16.8. The zero-order valence-corrected chi connectivity index (χ0v) is 32.1. The van der Waals surface area contributed by atoms with E-state index < -0.39 is 155 Å². The average molecular weight is 851 g/mol. The van der Waals surface area contributed by atoms with Crippen molar-refractivity contribution in [3.63, 3.8) is 0 Å². The summed E-state index contributed by atoms with van der Waals surface area (Å²) in [5, 5.41) is 146. The first-order valence-electron chi connectivity index (χ1n) is 19.6. The second-order valence-corrected chi connectivity index (χ2v) is 15.1. The maximum atomic E-state index is 12.4. The lowest BCUT2D eigenvalue weighted by Gasteiger charge is -2.45. The van der Waals surface area contributed by atoms with Gasteiger partial charge < -0.3 is 109 Å².